The number of hydrogen-bond donors (Lipinski definition) is 3. The van der Waals surface area contributed by atoms with Gasteiger partial charge in [0.05, 0.1) is 0 Å². The van der Waals surface area contributed by atoms with E-state index in [1.807, 2.05) is 30.3 Å². The Morgan fingerprint density at radius 3 is 2.48 bits per heavy atom. The number of carbonyl (C=O) groups excluding carboxylic acids is 2. The third-order valence-electron chi connectivity index (χ3n) is 3.59. The van der Waals surface area contributed by atoms with Gasteiger partial charge in [-0.1, -0.05) is 62.9 Å². The number of unbranched alkanes of at least 4 members (excludes halogenated alkanes) is 3. The Morgan fingerprint density at radius 1 is 1.12 bits per heavy atom. The summed E-state index contributed by atoms with van der Waals surface area (Å²) in [5.74, 6) is -1.63. The van der Waals surface area contributed by atoms with Crippen LogP contribution in [0.25, 0.3) is 0 Å². The fourth-order valence-corrected chi connectivity index (χ4v) is 2.20. The first-order valence-electron chi connectivity index (χ1n) is 8.49. The summed E-state index contributed by atoms with van der Waals surface area (Å²) >= 11 is 0. The molecular weight excluding hydrogens is 324 g/mol. The molecule has 1 aromatic carbocycles. The molecule has 0 aromatic heterocycles. The highest BCUT2D eigenvalue weighted by atomic mass is 16.5. The number of nitrogens with one attached hydrogen (secondary N) is 2. The molecule has 1 atom stereocenters. The number of rotatable bonds is 11. The minimum absolute atomic E-state index is 0.101. The van der Waals surface area contributed by atoms with Crippen molar-refractivity contribution in [1.82, 2.24) is 10.6 Å². The number of carboxylic acid groups (broad SMARTS) is 1. The molecule has 7 heteroatoms. The maximum absolute atomic E-state index is 11.8. The molecule has 0 spiro atoms. The maximum Gasteiger partial charge on any atom is 0.407 e. The van der Waals surface area contributed by atoms with Gasteiger partial charge in [-0.25, -0.2) is 9.59 Å². The van der Waals surface area contributed by atoms with E-state index >= 15 is 0 Å². The van der Waals surface area contributed by atoms with Gasteiger partial charge in [0.1, 0.15) is 19.2 Å². The van der Waals surface area contributed by atoms with E-state index in [9.17, 15) is 14.4 Å². The van der Waals surface area contributed by atoms with Crippen LogP contribution in [-0.4, -0.2) is 35.7 Å². The van der Waals surface area contributed by atoms with E-state index in [0.717, 1.165) is 31.2 Å². The van der Waals surface area contributed by atoms with E-state index in [1.165, 1.54) is 0 Å². The molecule has 0 aliphatic rings. The number of carbonyl (C=O) groups is 3. The van der Waals surface area contributed by atoms with E-state index in [0.29, 0.717) is 6.42 Å². The highest BCUT2D eigenvalue weighted by Gasteiger charge is 2.19. The zero-order chi connectivity index (χ0) is 18.5. The second-order valence-corrected chi connectivity index (χ2v) is 5.72. The number of hydrogen-bond acceptors (Lipinski definition) is 4. The topological polar surface area (TPSA) is 105 Å². The van der Waals surface area contributed by atoms with Crippen molar-refractivity contribution in [2.75, 3.05) is 6.54 Å². The van der Waals surface area contributed by atoms with Gasteiger partial charge in [0.15, 0.2) is 0 Å². The summed E-state index contributed by atoms with van der Waals surface area (Å²) in [5, 5.41) is 13.9. The molecule has 3 N–H and O–H groups in total. The lowest BCUT2D eigenvalue weighted by atomic mass is 10.1. The highest BCUT2D eigenvalue weighted by Crippen LogP contribution is 2.06. The van der Waals surface area contributed by atoms with Crippen molar-refractivity contribution in [3.05, 3.63) is 35.9 Å². The van der Waals surface area contributed by atoms with Crippen molar-refractivity contribution in [1.29, 1.82) is 0 Å². The molecule has 0 bridgehead atoms. The van der Waals surface area contributed by atoms with Crippen molar-refractivity contribution in [3.8, 4) is 0 Å². The van der Waals surface area contributed by atoms with Crippen LogP contribution in [0, 0.1) is 0 Å². The summed E-state index contributed by atoms with van der Waals surface area (Å²) in [6.07, 6.45) is 3.40. The highest BCUT2D eigenvalue weighted by molar-refractivity contribution is 5.86. The lowest BCUT2D eigenvalue weighted by molar-refractivity contribution is -0.141. The lowest BCUT2D eigenvalue weighted by Gasteiger charge is -2.14. The zero-order valence-corrected chi connectivity index (χ0v) is 14.5. The standard InChI is InChI=1S/C18H26N2O5/c1-2-3-4-8-11-15(17(22)23)20-16(21)12-19-18(24)25-13-14-9-6-5-7-10-14/h5-7,9-10,15H,2-4,8,11-13H2,1H3,(H,19,24)(H,20,21)(H,22,23)/t15-/m1/s1. The van der Waals surface area contributed by atoms with Crippen molar-refractivity contribution < 1.29 is 24.2 Å². The van der Waals surface area contributed by atoms with Gasteiger partial charge in [0, 0.05) is 0 Å². The molecule has 25 heavy (non-hydrogen) atoms. The summed E-state index contributed by atoms with van der Waals surface area (Å²) in [6.45, 7) is 1.84. The smallest absolute Gasteiger partial charge is 0.407 e. The largest absolute Gasteiger partial charge is 0.480 e. The molecule has 2 amide bonds. The molecule has 0 saturated heterocycles. The van der Waals surface area contributed by atoms with Gasteiger partial charge in [0.25, 0.3) is 0 Å². The second-order valence-electron chi connectivity index (χ2n) is 5.72. The third kappa shape index (κ3) is 9.34. The average Bonchev–Trinajstić information content (AvgIpc) is 2.61. The van der Waals surface area contributed by atoms with Crippen LogP contribution in [0.2, 0.25) is 0 Å². The predicted octanol–water partition coefficient (Wildman–Crippen LogP) is 2.45. The first-order chi connectivity index (χ1) is 12.0. The summed E-state index contributed by atoms with van der Waals surface area (Å²) in [7, 11) is 0. The number of aliphatic carboxylic acids is 1. The number of benzene rings is 1. The normalized spacial score (nSPS) is 11.4. The zero-order valence-electron chi connectivity index (χ0n) is 14.5. The Morgan fingerprint density at radius 2 is 1.84 bits per heavy atom. The van der Waals surface area contributed by atoms with Crippen LogP contribution >= 0.6 is 0 Å². The first-order valence-corrected chi connectivity index (χ1v) is 8.49. The molecule has 0 unspecified atom stereocenters. The van der Waals surface area contributed by atoms with E-state index in [2.05, 4.69) is 17.6 Å². The molecule has 0 radical (unpaired) electrons. The summed E-state index contributed by atoms with van der Waals surface area (Å²) in [4.78, 5) is 34.5. The quantitative estimate of drug-likeness (QED) is 0.532. The van der Waals surface area contributed by atoms with Crippen LogP contribution in [-0.2, 0) is 20.9 Å². The van der Waals surface area contributed by atoms with Gasteiger partial charge in [0.2, 0.25) is 5.91 Å². The van der Waals surface area contributed by atoms with Crippen molar-refractivity contribution >= 4 is 18.0 Å². The van der Waals surface area contributed by atoms with Crippen LogP contribution < -0.4 is 10.6 Å². The fraction of sp³-hybridized carbons (Fsp3) is 0.500. The molecule has 138 valence electrons. The summed E-state index contributed by atoms with van der Waals surface area (Å²) in [6, 6.07) is 8.21. The van der Waals surface area contributed by atoms with Gasteiger partial charge in [-0.2, -0.15) is 0 Å². The van der Waals surface area contributed by atoms with Crippen LogP contribution in [0.4, 0.5) is 4.79 Å². The van der Waals surface area contributed by atoms with Crippen molar-refractivity contribution in [2.24, 2.45) is 0 Å². The molecule has 0 heterocycles. The predicted molar refractivity (Wildman–Crippen MR) is 93.0 cm³/mol. The molecular formula is C18H26N2O5. The van der Waals surface area contributed by atoms with Gasteiger partial charge in [-0.3, -0.25) is 4.79 Å². The van der Waals surface area contributed by atoms with Crippen molar-refractivity contribution in [2.45, 2.75) is 51.7 Å². The maximum atomic E-state index is 11.8. The average molecular weight is 350 g/mol. The molecule has 0 aliphatic carbocycles. The van der Waals surface area contributed by atoms with Crippen LogP contribution in [0.3, 0.4) is 0 Å². The summed E-state index contributed by atoms with van der Waals surface area (Å²) < 4.78 is 4.98. The van der Waals surface area contributed by atoms with E-state index in [1.54, 1.807) is 0 Å². The lowest BCUT2D eigenvalue weighted by Crippen LogP contribution is -2.45. The fourth-order valence-electron chi connectivity index (χ4n) is 2.20. The summed E-state index contributed by atoms with van der Waals surface area (Å²) in [5.41, 5.74) is 0.833. The van der Waals surface area contributed by atoms with Crippen LogP contribution in [0.1, 0.15) is 44.6 Å². The molecule has 0 saturated carbocycles. The Balaban J connectivity index is 2.26. The number of ether oxygens (including phenoxy) is 1. The van der Waals surface area contributed by atoms with Gasteiger partial charge in [-0.15, -0.1) is 0 Å². The monoisotopic (exact) mass is 350 g/mol. The van der Waals surface area contributed by atoms with Crippen LogP contribution in [0.15, 0.2) is 30.3 Å². The molecule has 1 rings (SSSR count). The van der Waals surface area contributed by atoms with Crippen LogP contribution in [0.5, 0.6) is 0 Å². The minimum atomic E-state index is -1.07. The Hall–Kier alpha value is -2.57. The Labute approximate surface area is 147 Å². The molecule has 0 fully saturated rings. The molecule has 1 aromatic rings. The van der Waals surface area contributed by atoms with E-state index in [4.69, 9.17) is 9.84 Å². The number of alkyl carbamates (subject to hydrolysis) is 1. The Bertz CT molecular complexity index is 548. The number of amides is 2. The SMILES string of the molecule is CCCCCC[C@@H](NC(=O)CNC(=O)OCc1ccccc1)C(=O)O. The van der Waals surface area contributed by atoms with E-state index in [-0.39, 0.29) is 13.2 Å². The molecule has 0 aliphatic heterocycles. The third-order valence-corrected chi connectivity index (χ3v) is 3.59. The molecule has 7 nitrogen and oxygen atoms in total. The van der Waals surface area contributed by atoms with Gasteiger partial charge < -0.3 is 20.5 Å². The van der Waals surface area contributed by atoms with Gasteiger partial charge in [-0.05, 0) is 12.0 Å². The van der Waals surface area contributed by atoms with Crippen molar-refractivity contribution in [3.63, 3.8) is 0 Å². The Kier molecular flexibility index (Phi) is 9.74. The van der Waals surface area contributed by atoms with E-state index < -0.39 is 24.0 Å². The number of carboxylic acids is 1. The second kappa shape index (κ2) is 11.9. The minimum Gasteiger partial charge on any atom is -0.480 e. The first kappa shape index (κ1) is 20.5. The van der Waals surface area contributed by atoms with Gasteiger partial charge >= 0.3 is 12.1 Å².